The maximum absolute atomic E-state index is 12.5. The number of hydrogen-bond acceptors (Lipinski definition) is 6. The number of amides is 1. The van der Waals surface area contributed by atoms with Gasteiger partial charge in [0.25, 0.3) is 0 Å². The summed E-state index contributed by atoms with van der Waals surface area (Å²) >= 11 is 0. The number of nitrogens with one attached hydrogen (secondary N) is 2. The standard InChI is InChI=1S/C30H31N5O3/c1-3-20(12-15-32-2)13-16-34-30(37)26(31)18-21-4-10-24(11-5-21)38-27-14-17-33-29-28(27)25(19-35-29)22-6-8-23(36)9-7-22/h3-12,14-15,17,19,26,36H,1,13,16,18,31H2,2H3,(H,33,35)(H,34,37)/b20-12+,32-15?. The van der Waals surface area contributed by atoms with Gasteiger partial charge in [-0.1, -0.05) is 36.9 Å². The van der Waals surface area contributed by atoms with Crippen LogP contribution in [0.2, 0.25) is 0 Å². The van der Waals surface area contributed by atoms with Gasteiger partial charge >= 0.3 is 0 Å². The zero-order valence-electron chi connectivity index (χ0n) is 21.2. The highest BCUT2D eigenvalue weighted by atomic mass is 16.5. The number of rotatable bonds is 11. The Morgan fingerprint density at radius 1 is 1.21 bits per heavy atom. The minimum atomic E-state index is -0.664. The van der Waals surface area contributed by atoms with Gasteiger partial charge in [0.05, 0.1) is 11.4 Å². The Morgan fingerprint density at radius 3 is 2.68 bits per heavy atom. The molecule has 194 valence electrons. The number of phenols is 1. The highest BCUT2D eigenvalue weighted by Gasteiger charge is 2.15. The van der Waals surface area contributed by atoms with Crippen LogP contribution in [0.3, 0.4) is 0 Å². The largest absolute Gasteiger partial charge is 0.508 e. The predicted octanol–water partition coefficient (Wildman–Crippen LogP) is 4.92. The van der Waals surface area contributed by atoms with E-state index in [2.05, 4.69) is 26.9 Å². The Hall–Kier alpha value is -4.69. The van der Waals surface area contributed by atoms with Crippen molar-refractivity contribution in [2.75, 3.05) is 13.6 Å². The predicted molar refractivity (Wildman–Crippen MR) is 152 cm³/mol. The van der Waals surface area contributed by atoms with E-state index in [0.717, 1.165) is 27.6 Å². The summed E-state index contributed by atoms with van der Waals surface area (Å²) in [4.78, 5) is 24.0. The van der Waals surface area contributed by atoms with Gasteiger partial charge in [0.1, 0.15) is 22.9 Å². The molecule has 0 aliphatic heterocycles. The summed E-state index contributed by atoms with van der Waals surface area (Å²) in [6.07, 6.45) is 9.93. The first-order valence-corrected chi connectivity index (χ1v) is 12.3. The van der Waals surface area contributed by atoms with Crippen molar-refractivity contribution in [3.05, 3.63) is 96.9 Å². The lowest BCUT2D eigenvalue weighted by atomic mass is 10.0. The van der Waals surface area contributed by atoms with Crippen molar-refractivity contribution in [2.45, 2.75) is 18.9 Å². The van der Waals surface area contributed by atoms with E-state index < -0.39 is 6.04 Å². The SMILES string of the molecule is C=C/C(=C\C=NC)CCNC(=O)C(N)Cc1ccc(Oc2ccnc3[nH]cc(-c4ccc(O)cc4)c23)cc1. The Labute approximate surface area is 221 Å². The summed E-state index contributed by atoms with van der Waals surface area (Å²) in [6, 6.07) is 15.7. The maximum atomic E-state index is 12.5. The summed E-state index contributed by atoms with van der Waals surface area (Å²) < 4.78 is 6.21. The molecular weight excluding hydrogens is 478 g/mol. The summed E-state index contributed by atoms with van der Waals surface area (Å²) in [5.41, 5.74) is 10.6. The first kappa shape index (κ1) is 26.4. The Balaban J connectivity index is 1.39. The average molecular weight is 510 g/mol. The van der Waals surface area contributed by atoms with Gasteiger partial charge in [-0.25, -0.2) is 4.98 Å². The zero-order chi connectivity index (χ0) is 26.9. The van der Waals surface area contributed by atoms with Crippen molar-refractivity contribution in [1.29, 1.82) is 0 Å². The quantitative estimate of drug-likeness (QED) is 0.169. The summed E-state index contributed by atoms with van der Waals surface area (Å²) in [6.45, 7) is 4.25. The van der Waals surface area contributed by atoms with Gasteiger partial charge in [0.2, 0.25) is 5.91 Å². The smallest absolute Gasteiger partial charge is 0.237 e. The van der Waals surface area contributed by atoms with Gasteiger partial charge < -0.3 is 25.9 Å². The molecule has 2 aromatic carbocycles. The number of fused-ring (bicyclic) bond motifs is 1. The van der Waals surface area contributed by atoms with E-state index in [1.54, 1.807) is 37.7 Å². The molecule has 2 heterocycles. The molecule has 0 bridgehead atoms. The monoisotopic (exact) mass is 509 g/mol. The highest BCUT2D eigenvalue weighted by Crippen LogP contribution is 2.37. The molecule has 1 amide bonds. The fourth-order valence-corrected chi connectivity index (χ4v) is 4.03. The van der Waals surface area contributed by atoms with Gasteiger partial charge in [0.15, 0.2) is 0 Å². The van der Waals surface area contributed by atoms with Crippen LogP contribution in [0.25, 0.3) is 22.2 Å². The fraction of sp³-hybridized carbons (Fsp3) is 0.167. The third-order valence-corrected chi connectivity index (χ3v) is 6.07. The van der Waals surface area contributed by atoms with Crippen LogP contribution in [0, 0.1) is 0 Å². The molecule has 5 N–H and O–H groups in total. The number of aromatic amines is 1. The van der Waals surface area contributed by atoms with E-state index >= 15 is 0 Å². The molecule has 1 atom stereocenters. The van der Waals surface area contributed by atoms with Crippen LogP contribution in [0.5, 0.6) is 17.2 Å². The van der Waals surface area contributed by atoms with Crippen molar-refractivity contribution in [1.82, 2.24) is 15.3 Å². The van der Waals surface area contributed by atoms with Crippen LogP contribution in [0.1, 0.15) is 12.0 Å². The highest BCUT2D eigenvalue weighted by molar-refractivity contribution is 5.98. The number of aromatic hydroxyl groups is 1. The summed E-state index contributed by atoms with van der Waals surface area (Å²) in [7, 11) is 1.70. The first-order valence-electron chi connectivity index (χ1n) is 12.3. The molecular formula is C30H31N5O3. The number of aromatic nitrogens is 2. The molecule has 1 unspecified atom stereocenters. The van der Waals surface area contributed by atoms with Gasteiger partial charge in [-0.3, -0.25) is 9.79 Å². The number of carbonyl (C=O) groups excluding carboxylic acids is 1. The number of carbonyl (C=O) groups is 1. The van der Waals surface area contributed by atoms with E-state index in [0.29, 0.717) is 36.5 Å². The van der Waals surface area contributed by atoms with Crippen LogP contribution in [-0.2, 0) is 11.2 Å². The first-order chi connectivity index (χ1) is 18.5. The number of nitrogens with zero attached hydrogens (tertiary/aromatic N) is 2. The molecule has 0 aliphatic carbocycles. The molecule has 0 aliphatic rings. The topological polar surface area (TPSA) is 126 Å². The van der Waals surface area contributed by atoms with Crippen molar-refractivity contribution in [3.63, 3.8) is 0 Å². The lowest BCUT2D eigenvalue weighted by molar-refractivity contribution is -0.122. The minimum absolute atomic E-state index is 0.203. The van der Waals surface area contributed by atoms with Gasteiger partial charge in [0, 0.05) is 37.8 Å². The third kappa shape index (κ3) is 6.54. The molecule has 0 saturated heterocycles. The lowest BCUT2D eigenvalue weighted by Gasteiger charge is -2.13. The summed E-state index contributed by atoms with van der Waals surface area (Å²) in [5, 5.41) is 13.4. The number of phenolic OH excluding ortho intramolecular Hbond substituents is 1. The third-order valence-electron chi connectivity index (χ3n) is 6.07. The van der Waals surface area contributed by atoms with Crippen LogP contribution in [-0.4, -0.2) is 46.8 Å². The average Bonchev–Trinajstić information content (AvgIpc) is 3.37. The van der Waals surface area contributed by atoms with E-state index in [9.17, 15) is 9.90 Å². The second-order valence-electron chi connectivity index (χ2n) is 8.73. The second-order valence-corrected chi connectivity index (χ2v) is 8.73. The normalized spacial score (nSPS) is 12.5. The number of H-pyrrole nitrogens is 1. The molecule has 0 fully saturated rings. The van der Waals surface area contributed by atoms with Gasteiger partial charge in [-0.05, 0) is 65.9 Å². The molecule has 2 aromatic heterocycles. The van der Waals surface area contributed by atoms with Crippen LogP contribution in [0.15, 0.2) is 96.3 Å². The molecule has 0 saturated carbocycles. The lowest BCUT2D eigenvalue weighted by Crippen LogP contribution is -2.42. The van der Waals surface area contributed by atoms with E-state index in [4.69, 9.17) is 10.5 Å². The van der Waals surface area contributed by atoms with Crippen molar-refractivity contribution >= 4 is 23.2 Å². The molecule has 4 aromatic rings. The van der Waals surface area contributed by atoms with Crippen LogP contribution in [0.4, 0.5) is 0 Å². The number of ether oxygens (including phenoxy) is 1. The van der Waals surface area contributed by atoms with E-state index in [1.165, 1.54) is 0 Å². The molecule has 8 nitrogen and oxygen atoms in total. The molecule has 0 radical (unpaired) electrons. The Morgan fingerprint density at radius 2 is 1.97 bits per heavy atom. The van der Waals surface area contributed by atoms with Crippen molar-refractivity contribution in [3.8, 4) is 28.4 Å². The molecule has 4 rings (SSSR count). The van der Waals surface area contributed by atoms with Crippen LogP contribution >= 0.6 is 0 Å². The molecule has 38 heavy (non-hydrogen) atoms. The molecule has 0 spiro atoms. The number of hydrogen-bond donors (Lipinski definition) is 4. The Bertz CT molecular complexity index is 1450. The number of pyridine rings is 1. The van der Waals surface area contributed by atoms with Gasteiger partial charge in [-0.15, -0.1) is 0 Å². The number of benzene rings is 2. The van der Waals surface area contributed by atoms with Gasteiger partial charge in [-0.2, -0.15) is 0 Å². The van der Waals surface area contributed by atoms with E-state index in [-0.39, 0.29) is 11.7 Å². The minimum Gasteiger partial charge on any atom is -0.508 e. The fourth-order valence-electron chi connectivity index (χ4n) is 4.03. The summed E-state index contributed by atoms with van der Waals surface area (Å²) in [5.74, 6) is 1.31. The number of aliphatic imine (C=N–C) groups is 1. The molecule has 8 heteroatoms. The number of nitrogens with two attached hydrogens (primary N) is 1. The zero-order valence-corrected chi connectivity index (χ0v) is 21.2. The van der Waals surface area contributed by atoms with Crippen LogP contribution < -0.4 is 15.8 Å². The van der Waals surface area contributed by atoms with E-state index in [1.807, 2.05) is 54.7 Å². The second kappa shape index (κ2) is 12.5. The van der Waals surface area contributed by atoms with Crippen molar-refractivity contribution in [2.24, 2.45) is 10.7 Å². The Kier molecular flexibility index (Phi) is 8.69. The van der Waals surface area contributed by atoms with Crippen molar-refractivity contribution < 1.29 is 14.6 Å². The maximum Gasteiger partial charge on any atom is 0.237 e. The number of allylic oxidation sites excluding steroid dienone is 2.